The molecule has 0 aromatic heterocycles. The first kappa shape index (κ1) is 57.3. The highest BCUT2D eigenvalue weighted by Crippen LogP contribution is 2.44. The minimum Gasteiger partial charge on any atom is -0.302 e. The predicted molar refractivity (Wildman–Crippen MR) is 343 cm³/mol. The van der Waals surface area contributed by atoms with Gasteiger partial charge in [0.2, 0.25) is 0 Å². The number of nitrogens with zero attached hydrogens (tertiary/aromatic N) is 2. The smallest absolute Gasteiger partial charge is 0.130 e. The highest BCUT2D eigenvalue weighted by atomic mass is 79.9. The normalized spacial score (nSPS) is 15.9. The van der Waals surface area contributed by atoms with Crippen LogP contribution in [0.15, 0.2) is 212 Å². The lowest BCUT2D eigenvalue weighted by Gasteiger charge is -2.38. The van der Waals surface area contributed by atoms with Crippen molar-refractivity contribution in [2.45, 2.75) is 144 Å². The number of benzene rings is 10. The molecule has 10 aromatic rings. The van der Waals surface area contributed by atoms with Crippen molar-refractivity contribution in [2.24, 2.45) is 0 Å². The molecule has 404 valence electrons. The molecular formula is C76H77BrN2O. The molecular weight excluding hydrogens is 1040 g/mol. The number of carbonyl (C=O) groups is 1. The highest BCUT2D eigenvalue weighted by molar-refractivity contribution is 9.08. The van der Waals surface area contributed by atoms with Gasteiger partial charge in [-0.15, -0.1) is 0 Å². The summed E-state index contributed by atoms with van der Waals surface area (Å²) in [5.41, 5.74) is 6.43. The number of rotatable bonds is 8. The van der Waals surface area contributed by atoms with E-state index in [2.05, 4.69) is 229 Å². The lowest BCUT2D eigenvalue weighted by atomic mass is 9.67. The molecule has 3 aliphatic rings. The van der Waals surface area contributed by atoms with Gasteiger partial charge in [-0.1, -0.05) is 293 Å². The number of fused-ring (bicyclic) bond motifs is 5. The first-order valence-corrected chi connectivity index (χ1v) is 30.7. The van der Waals surface area contributed by atoms with E-state index in [0.29, 0.717) is 11.8 Å². The maximum Gasteiger partial charge on any atom is 0.130 e. The third-order valence-corrected chi connectivity index (χ3v) is 18.1. The van der Waals surface area contributed by atoms with Crippen molar-refractivity contribution in [1.82, 2.24) is 0 Å². The number of nitriles is 2. The molecule has 3 fully saturated rings. The maximum atomic E-state index is 11.6. The van der Waals surface area contributed by atoms with Crippen molar-refractivity contribution in [3.05, 3.63) is 240 Å². The summed E-state index contributed by atoms with van der Waals surface area (Å²) >= 11 is 3.44. The van der Waals surface area contributed by atoms with Crippen molar-refractivity contribution in [3.8, 4) is 12.1 Å². The first-order valence-electron chi connectivity index (χ1n) is 29.6. The Balaban J connectivity index is 0.000000122. The molecule has 3 nitrogen and oxygen atoms in total. The van der Waals surface area contributed by atoms with E-state index in [-0.39, 0.29) is 10.8 Å². The molecule has 0 aliphatic heterocycles. The Hall–Kier alpha value is -7.37. The fourth-order valence-electron chi connectivity index (χ4n) is 12.9. The summed E-state index contributed by atoms with van der Waals surface area (Å²) in [6.07, 6.45) is 22.7. The standard InChI is InChI=1S/C19H24.C17H17N.C17H18O.C12H9N.C11H9Br/c1-2-12-19(13-6-3-7-14-19)18-11-10-16-8-4-5-9-17(16)15-18;2*18-13-17(10-4-1-5-11-17)16-9-8-14-6-2-3-7-15(14)12-16;13-8-7-10-5-6-11-3-1-2-4-12(11)9-10;12-8-9-5-6-10-3-1-2-4-11(10)7-9/h4-5,8-11,15H,2-3,6-7,12-14H2,1H3;2-3,6-9,12H,1,4-5,10-11H2;2-3,6-9,12-13H,1,4-5,10-11H2;1-6,9H,7H2;1-7H,8H2. The Morgan fingerprint density at radius 2 is 0.775 bits per heavy atom. The largest absolute Gasteiger partial charge is 0.302 e. The fraction of sp³-hybridized carbons (Fsp3) is 0.303. The van der Waals surface area contributed by atoms with Gasteiger partial charge in [-0.2, -0.15) is 10.5 Å². The molecule has 0 atom stereocenters. The van der Waals surface area contributed by atoms with Crippen LogP contribution in [-0.4, -0.2) is 6.29 Å². The fourth-order valence-corrected chi connectivity index (χ4v) is 13.3. The van der Waals surface area contributed by atoms with Gasteiger partial charge in [0, 0.05) is 5.33 Å². The Morgan fingerprint density at radius 3 is 1.21 bits per heavy atom. The summed E-state index contributed by atoms with van der Waals surface area (Å²) in [5.74, 6) is 0. The first-order chi connectivity index (χ1) is 39.3. The molecule has 0 saturated heterocycles. The summed E-state index contributed by atoms with van der Waals surface area (Å²) in [7, 11) is 0. The van der Waals surface area contributed by atoms with Crippen LogP contribution >= 0.6 is 15.9 Å². The number of aldehydes is 1. The number of carbonyl (C=O) groups excluding carboxylic acids is 1. The second-order valence-corrected chi connectivity index (χ2v) is 23.3. The second-order valence-electron chi connectivity index (χ2n) is 22.7. The van der Waals surface area contributed by atoms with Crippen LogP contribution in [0.3, 0.4) is 0 Å². The van der Waals surface area contributed by atoms with Gasteiger partial charge in [0.05, 0.1) is 29.4 Å². The summed E-state index contributed by atoms with van der Waals surface area (Å²) < 4.78 is 0. The number of hydrogen-bond donors (Lipinski definition) is 0. The minimum atomic E-state index is -0.234. The van der Waals surface area contributed by atoms with Crippen LogP contribution in [0.1, 0.15) is 144 Å². The molecule has 0 radical (unpaired) electrons. The molecule has 80 heavy (non-hydrogen) atoms. The minimum absolute atomic E-state index is 0.220. The van der Waals surface area contributed by atoms with E-state index < -0.39 is 0 Å². The van der Waals surface area contributed by atoms with E-state index in [1.165, 1.54) is 160 Å². The molecule has 13 rings (SSSR count). The quantitative estimate of drug-likeness (QED) is 0.112. The van der Waals surface area contributed by atoms with Crippen molar-refractivity contribution in [2.75, 3.05) is 0 Å². The van der Waals surface area contributed by atoms with Crippen LogP contribution in [0.2, 0.25) is 0 Å². The van der Waals surface area contributed by atoms with Crippen molar-refractivity contribution < 1.29 is 4.79 Å². The van der Waals surface area contributed by atoms with Crippen LogP contribution in [0.5, 0.6) is 0 Å². The molecule has 3 aliphatic carbocycles. The second kappa shape index (κ2) is 28.2. The van der Waals surface area contributed by atoms with Gasteiger partial charge < -0.3 is 4.79 Å². The predicted octanol–water partition coefficient (Wildman–Crippen LogP) is 21.3. The van der Waals surface area contributed by atoms with Crippen molar-refractivity contribution in [1.29, 1.82) is 10.5 Å². The van der Waals surface area contributed by atoms with E-state index in [0.717, 1.165) is 36.6 Å². The van der Waals surface area contributed by atoms with E-state index in [1.54, 1.807) is 5.56 Å². The monoisotopic (exact) mass is 1110 g/mol. The molecule has 0 heterocycles. The molecule has 0 bridgehead atoms. The van der Waals surface area contributed by atoms with Gasteiger partial charge in [-0.3, -0.25) is 0 Å². The van der Waals surface area contributed by atoms with Crippen LogP contribution in [-0.2, 0) is 32.8 Å². The van der Waals surface area contributed by atoms with Crippen LogP contribution in [0.25, 0.3) is 53.9 Å². The summed E-state index contributed by atoms with van der Waals surface area (Å²) in [5, 5.41) is 31.9. The maximum absolute atomic E-state index is 11.6. The summed E-state index contributed by atoms with van der Waals surface area (Å²) in [6.45, 7) is 2.33. The Bertz CT molecular complexity index is 3710. The summed E-state index contributed by atoms with van der Waals surface area (Å²) in [6, 6.07) is 79.6. The Kier molecular flexibility index (Phi) is 20.2. The Labute approximate surface area is 484 Å². The summed E-state index contributed by atoms with van der Waals surface area (Å²) in [4.78, 5) is 11.6. The van der Waals surface area contributed by atoms with E-state index in [4.69, 9.17) is 5.26 Å². The zero-order valence-electron chi connectivity index (χ0n) is 46.9. The van der Waals surface area contributed by atoms with Crippen LogP contribution in [0, 0.1) is 22.7 Å². The zero-order chi connectivity index (χ0) is 55.5. The van der Waals surface area contributed by atoms with E-state index >= 15 is 0 Å². The number of alkyl halides is 1. The average molecular weight is 1110 g/mol. The van der Waals surface area contributed by atoms with Gasteiger partial charge in [0.25, 0.3) is 0 Å². The van der Waals surface area contributed by atoms with E-state index in [9.17, 15) is 10.1 Å². The van der Waals surface area contributed by atoms with E-state index in [1.807, 2.05) is 18.2 Å². The Morgan fingerprint density at radius 1 is 0.412 bits per heavy atom. The highest BCUT2D eigenvalue weighted by Gasteiger charge is 2.35. The molecule has 0 amide bonds. The molecule has 10 aromatic carbocycles. The number of hydrogen-bond acceptors (Lipinski definition) is 3. The lowest BCUT2D eigenvalue weighted by molar-refractivity contribution is -0.113. The van der Waals surface area contributed by atoms with Gasteiger partial charge in [-0.25, -0.2) is 0 Å². The average Bonchev–Trinajstić information content (AvgIpc) is 3.54. The van der Waals surface area contributed by atoms with Crippen LogP contribution in [0.4, 0.5) is 0 Å². The molecule has 0 unspecified atom stereocenters. The lowest BCUT2D eigenvalue weighted by Crippen LogP contribution is -2.30. The topological polar surface area (TPSA) is 64.7 Å². The third kappa shape index (κ3) is 14.1. The van der Waals surface area contributed by atoms with Gasteiger partial charge in [0.1, 0.15) is 6.29 Å². The molecule has 3 saturated carbocycles. The number of halogens is 1. The van der Waals surface area contributed by atoms with Gasteiger partial charge in [-0.05, 0) is 138 Å². The third-order valence-electron chi connectivity index (χ3n) is 17.5. The van der Waals surface area contributed by atoms with Gasteiger partial charge >= 0.3 is 0 Å². The van der Waals surface area contributed by atoms with Crippen LogP contribution < -0.4 is 0 Å². The molecule has 0 spiro atoms. The zero-order valence-corrected chi connectivity index (χ0v) is 48.5. The molecule has 0 N–H and O–H groups in total. The molecule has 4 heteroatoms. The van der Waals surface area contributed by atoms with Crippen molar-refractivity contribution >= 4 is 76.1 Å². The van der Waals surface area contributed by atoms with Gasteiger partial charge in [0.15, 0.2) is 0 Å². The van der Waals surface area contributed by atoms with Crippen molar-refractivity contribution in [3.63, 3.8) is 0 Å². The SMILES string of the molecule is BrCc1ccc2ccccc2c1.CCCC1(c2ccc3ccccc3c2)CCCCC1.N#CC1(c2ccc3ccccc3c2)CCCCC1.N#CCc1ccc2ccccc2c1.O=CC1(c2ccc3ccccc3c2)CCCCC1.